The summed E-state index contributed by atoms with van der Waals surface area (Å²) in [6, 6.07) is 6.25. The molecular formula is C11H19NO2Si. The van der Waals surface area contributed by atoms with E-state index < -0.39 is 8.07 Å². The lowest BCUT2D eigenvalue weighted by Gasteiger charge is -2.15. The van der Waals surface area contributed by atoms with Gasteiger partial charge in [-0.25, -0.2) is 0 Å². The van der Waals surface area contributed by atoms with Gasteiger partial charge in [-0.05, 0) is 12.1 Å². The van der Waals surface area contributed by atoms with Crippen molar-refractivity contribution < 1.29 is 4.74 Å². The molecule has 0 radical (unpaired) electrons. The van der Waals surface area contributed by atoms with E-state index in [0.717, 1.165) is 12.7 Å². The maximum Gasteiger partial charge on any atom is 0.252 e. The lowest BCUT2D eigenvalue weighted by Crippen LogP contribution is -2.24. The number of nitrogens with zero attached hydrogens (tertiary/aromatic N) is 1. The first kappa shape index (κ1) is 12.2. The van der Waals surface area contributed by atoms with Gasteiger partial charge in [-0.15, -0.1) is 0 Å². The van der Waals surface area contributed by atoms with Gasteiger partial charge in [-0.3, -0.25) is 9.36 Å². The van der Waals surface area contributed by atoms with Crippen molar-refractivity contribution in [2.45, 2.75) is 32.4 Å². The van der Waals surface area contributed by atoms with Gasteiger partial charge in [0.25, 0.3) is 5.56 Å². The van der Waals surface area contributed by atoms with Crippen molar-refractivity contribution >= 4 is 8.07 Å². The summed E-state index contributed by atoms with van der Waals surface area (Å²) in [5.74, 6) is 0. The maximum atomic E-state index is 11.3. The molecule has 0 atom stereocenters. The summed E-state index contributed by atoms with van der Waals surface area (Å²) in [7, 11) is -1.02. The van der Waals surface area contributed by atoms with E-state index in [0.29, 0.717) is 6.73 Å². The smallest absolute Gasteiger partial charge is 0.252 e. The summed E-state index contributed by atoms with van der Waals surface area (Å²) in [5.41, 5.74) is -0.00879. The van der Waals surface area contributed by atoms with Crippen LogP contribution in [0.15, 0.2) is 29.2 Å². The minimum atomic E-state index is -1.02. The van der Waals surface area contributed by atoms with Crippen LogP contribution in [0.2, 0.25) is 25.7 Å². The number of hydrogen-bond acceptors (Lipinski definition) is 2. The van der Waals surface area contributed by atoms with Gasteiger partial charge >= 0.3 is 0 Å². The van der Waals surface area contributed by atoms with E-state index in [1.807, 2.05) is 6.07 Å². The zero-order valence-electron chi connectivity index (χ0n) is 9.69. The van der Waals surface area contributed by atoms with Crippen molar-refractivity contribution in [2.24, 2.45) is 0 Å². The quantitative estimate of drug-likeness (QED) is 0.568. The van der Waals surface area contributed by atoms with Gasteiger partial charge in [0.1, 0.15) is 6.73 Å². The third-order valence-electron chi connectivity index (χ3n) is 2.13. The Balaban J connectivity index is 2.33. The molecule has 4 heteroatoms. The number of aromatic nitrogens is 1. The van der Waals surface area contributed by atoms with E-state index in [-0.39, 0.29) is 5.56 Å². The van der Waals surface area contributed by atoms with Gasteiger partial charge < -0.3 is 4.74 Å². The van der Waals surface area contributed by atoms with Crippen LogP contribution in [0, 0.1) is 0 Å². The van der Waals surface area contributed by atoms with E-state index in [4.69, 9.17) is 4.74 Å². The summed E-state index contributed by atoms with van der Waals surface area (Å²) in [5, 5.41) is 0. The highest BCUT2D eigenvalue weighted by Gasteiger charge is 2.11. The van der Waals surface area contributed by atoms with Crippen LogP contribution in [0.1, 0.15) is 0 Å². The molecule has 1 aromatic rings. The zero-order valence-corrected chi connectivity index (χ0v) is 10.7. The molecule has 84 valence electrons. The van der Waals surface area contributed by atoms with Gasteiger partial charge in [0.05, 0.1) is 0 Å². The highest BCUT2D eigenvalue weighted by Crippen LogP contribution is 2.07. The Morgan fingerprint density at radius 2 is 2.07 bits per heavy atom. The Kier molecular flexibility index (Phi) is 4.29. The Bertz CT molecular complexity index is 354. The fraction of sp³-hybridized carbons (Fsp3) is 0.545. The maximum absolute atomic E-state index is 11.3. The van der Waals surface area contributed by atoms with Crippen LogP contribution >= 0.6 is 0 Å². The summed E-state index contributed by atoms with van der Waals surface area (Å²) < 4.78 is 7.05. The van der Waals surface area contributed by atoms with Crippen LogP contribution in [0.25, 0.3) is 0 Å². The molecule has 0 saturated carbocycles. The molecule has 0 N–H and O–H groups in total. The molecule has 0 unspecified atom stereocenters. The summed E-state index contributed by atoms with van der Waals surface area (Å²) in [6.07, 6.45) is 1.75. The van der Waals surface area contributed by atoms with E-state index >= 15 is 0 Å². The standard InChI is InChI=1S/C11H19NO2Si/c1-15(2,3)9-8-14-10-12-7-5-4-6-11(12)13/h4-7H,8-10H2,1-3H3. The van der Waals surface area contributed by atoms with Crippen molar-refractivity contribution in [3.05, 3.63) is 34.7 Å². The molecule has 0 aliphatic rings. The lowest BCUT2D eigenvalue weighted by molar-refractivity contribution is 0.0847. The van der Waals surface area contributed by atoms with Crippen LogP contribution in [0.3, 0.4) is 0 Å². The van der Waals surface area contributed by atoms with Gasteiger partial charge in [-0.1, -0.05) is 25.7 Å². The highest BCUT2D eigenvalue weighted by molar-refractivity contribution is 6.76. The van der Waals surface area contributed by atoms with E-state index in [1.165, 1.54) is 0 Å². The monoisotopic (exact) mass is 225 g/mol. The first-order chi connectivity index (χ1) is 6.99. The third kappa shape index (κ3) is 4.95. The highest BCUT2D eigenvalue weighted by atomic mass is 28.3. The molecule has 0 aromatic carbocycles. The molecule has 0 fully saturated rings. The second kappa shape index (κ2) is 5.28. The fourth-order valence-electron chi connectivity index (χ4n) is 1.11. The van der Waals surface area contributed by atoms with Gasteiger partial charge in [-0.2, -0.15) is 0 Å². The molecule has 1 aromatic heterocycles. The topological polar surface area (TPSA) is 31.2 Å². The molecule has 0 bridgehead atoms. The van der Waals surface area contributed by atoms with Crippen molar-refractivity contribution in [1.82, 2.24) is 4.57 Å². The van der Waals surface area contributed by atoms with E-state index in [1.54, 1.807) is 22.9 Å². The second-order valence-electron chi connectivity index (χ2n) is 4.86. The average Bonchev–Trinajstić information content (AvgIpc) is 2.13. The van der Waals surface area contributed by atoms with Crippen LogP contribution < -0.4 is 5.56 Å². The van der Waals surface area contributed by atoms with Crippen LogP contribution in [0.5, 0.6) is 0 Å². The Morgan fingerprint density at radius 3 is 2.67 bits per heavy atom. The molecule has 1 heterocycles. The molecule has 1 rings (SSSR count). The van der Waals surface area contributed by atoms with Crippen LogP contribution in [-0.2, 0) is 11.5 Å². The number of hydrogen-bond donors (Lipinski definition) is 0. The second-order valence-corrected chi connectivity index (χ2v) is 10.5. The summed E-state index contributed by atoms with van der Waals surface area (Å²) >= 11 is 0. The number of rotatable bonds is 5. The molecule has 3 nitrogen and oxygen atoms in total. The summed E-state index contributed by atoms with van der Waals surface area (Å²) in [6.45, 7) is 8.04. The minimum Gasteiger partial charge on any atom is -0.361 e. The van der Waals surface area contributed by atoms with Crippen molar-refractivity contribution in [3.63, 3.8) is 0 Å². The Morgan fingerprint density at radius 1 is 1.33 bits per heavy atom. The average molecular weight is 225 g/mol. The number of ether oxygens (including phenoxy) is 1. The first-order valence-corrected chi connectivity index (χ1v) is 8.93. The molecule has 15 heavy (non-hydrogen) atoms. The minimum absolute atomic E-state index is 0.00879. The molecule has 0 amide bonds. The van der Waals surface area contributed by atoms with Crippen LogP contribution in [0.4, 0.5) is 0 Å². The molecular weight excluding hydrogens is 206 g/mol. The predicted molar refractivity (Wildman–Crippen MR) is 64.8 cm³/mol. The SMILES string of the molecule is C[Si](C)(C)CCOCn1ccccc1=O. The summed E-state index contributed by atoms with van der Waals surface area (Å²) in [4.78, 5) is 11.3. The van der Waals surface area contributed by atoms with E-state index in [2.05, 4.69) is 19.6 Å². The van der Waals surface area contributed by atoms with E-state index in [9.17, 15) is 4.79 Å². The lowest BCUT2D eigenvalue weighted by atomic mass is 10.5. The van der Waals surface area contributed by atoms with Crippen LogP contribution in [-0.4, -0.2) is 19.2 Å². The van der Waals surface area contributed by atoms with Gasteiger partial charge in [0, 0.05) is 26.9 Å². The van der Waals surface area contributed by atoms with Crippen molar-refractivity contribution in [1.29, 1.82) is 0 Å². The largest absolute Gasteiger partial charge is 0.361 e. The van der Waals surface area contributed by atoms with Gasteiger partial charge in [0.2, 0.25) is 0 Å². The third-order valence-corrected chi connectivity index (χ3v) is 3.83. The van der Waals surface area contributed by atoms with Crippen molar-refractivity contribution in [3.8, 4) is 0 Å². The molecule has 0 aliphatic carbocycles. The molecule has 0 aliphatic heterocycles. The molecule has 0 spiro atoms. The zero-order chi connectivity index (χ0) is 11.3. The fourth-order valence-corrected chi connectivity index (χ4v) is 1.87. The Labute approximate surface area is 91.7 Å². The number of pyridine rings is 1. The predicted octanol–water partition coefficient (Wildman–Crippen LogP) is 2.16. The van der Waals surface area contributed by atoms with Crippen molar-refractivity contribution in [2.75, 3.05) is 6.61 Å². The molecule has 0 saturated heterocycles. The normalized spacial score (nSPS) is 11.7. The van der Waals surface area contributed by atoms with Gasteiger partial charge in [0.15, 0.2) is 0 Å². The Hall–Kier alpha value is -0.873. The first-order valence-electron chi connectivity index (χ1n) is 5.22.